The molecule has 0 radical (unpaired) electrons. The molecule has 0 spiro atoms. The second kappa shape index (κ2) is 4.47. The number of terminal acetylenes is 2. The van der Waals surface area contributed by atoms with Gasteiger partial charge in [0.25, 0.3) is 0 Å². The molecule has 0 unspecified atom stereocenters. The lowest BCUT2D eigenvalue weighted by Gasteiger charge is -2.05. The third-order valence-corrected chi connectivity index (χ3v) is 2.59. The van der Waals surface area contributed by atoms with Gasteiger partial charge in [-0.2, -0.15) is 0 Å². The van der Waals surface area contributed by atoms with Gasteiger partial charge in [-0.05, 0) is 35.4 Å². The molecular formula is C16H11N. The van der Waals surface area contributed by atoms with Gasteiger partial charge in [-0.3, -0.25) is 0 Å². The molecule has 0 amide bonds. The van der Waals surface area contributed by atoms with Crippen LogP contribution in [0.2, 0.25) is 0 Å². The standard InChI is InChI=1S/C16H11N/c1-3-12-5-7-14(8-6-12)15-10-9-13(4-2)16(17)11-15/h1-2,5-11H,17H2. The SMILES string of the molecule is C#Cc1ccc(-c2ccc(C#C)c(N)c2)cc1. The predicted octanol–water partition coefficient (Wildman–Crippen LogP) is 2.90. The fourth-order valence-corrected chi connectivity index (χ4v) is 1.63. The van der Waals surface area contributed by atoms with E-state index in [1.807, 2.05) is 42.5 Å². The summed E-state index contributed by atoms with van der Waals surface area (Å²) in [6, 6.07) is 13.4. The maximum Gasteiger partial charge on any atom is 0.0479 e. The first kappa shape index (κ1) is 10.9. The van der Waals surface area contributed by atoms with Gasteiger partial charge in [0.1, 0.15) is 0 Å². The van der Waals surface area contributed by atoms with E-state index in [0.29, 0.717) is 11.3 Å². The van der Waals surface area contributed by atoms with Crippen LogP contribution in [0.5, 0.6) is 0 Å². The summed E-state index contributed by atoms with van der Waals surface area (Å²) in [6.07, 6.45) is 10.6. The van der Waals surface area contributed by atoms with Crippen LogP contribution in [0, 0.1) is 24.7 Å². The maximum absolute atomic E-state index is 5.85. The molecule has 2 rings (SSSR count). The summed E-state index contributed by atoms with van der Waals surface area (Å²) in [6.45, 7) is 0. The highest BCUT2D eigenvalue weighted by Crippen LogP contribution is 2.23. The van der Waals surface area contributed by atoms with Gasteiger partial charge in [0, 0.05) is 16.8 Å². The molecule has 0 atom stereocenters. The Bertz CT molecular complexity index is 622. The summed E-state index contributed by atoms with van der Waals surface area (Å²) in [5.41, 5.74) is 10.1. The van der Waals surface area contributed by atoms with E-state index >= 15 is 0 Å². The van der Waals surface area contributed by atoms with E-state index < -0.39 is 0 Å². The minimum Gasteiger partial charge on any atom is -0.398 e. The fraction of sp³-hybridized carbons (Fsp3) is 0. The summed E-state index contributed by atoms with van der Waals surface area (Å²) in [5.74, 6) is 5.12. The van der Waals surface area contributed by atoms with E-state index in [-0.39, 0.29) is 0 Å². The Hall–Kier alpha value is -2.64. The van der Waals surface area contributed by atoms with Crippen molar-refractivity contribution < 1.29 is 0 Å². The van der Waals surface area contributed by atoms with Gasteiger partial charge in [0.05, 0.1) is 0 Å². The normalized spacial score (nSPS) is 9.29. The Labute approximate surface area is 101 Å². The molecule has 80 valence electrons. The Kier molecular flexibility index (Phi) is 2.86. The van der Waals surface area contributed by atoms with E-state index in [9.17, 15) is 0 Å². The molecule has 2 N–H and O–H groups in total. The largest absolute Gasteiger partial charge is 0.398 e. The van der Waals surface area contributed by atoms with E-state index in [0.717, 1.165) is 16.7 Å². The Morgan fingerprint density at radius 3 is 2.00 bits per heavy atom. The number of hydrogen-bond donors (Lipinski definition) is 1. The fourth-order valence-electron chi connectivity index (χ4n) is 1.63. The highest BCUT2D eigenvalue weighted by atomic mass is 14.6. The number of hydrogen-bond acceptors (Lipinski definition) is 1. The van der Waals surface area contributed by atoms with Crippen LogP contribution in [0.3, 0.4) is 0 Å². The topological polar surface area (TPSA) is 26.0 Å². The van der Waals surface area contributed by atoms with Crippen molar-refractivity contribution in [3.8, 4) is 35.8 Å². The summed E-state index contributed by atoms with van der Waals surface area (Å²) < 4.78 is 0. The lowest BCUT2D eigenvalue weighted by molar-refractivity contribution is 1.57. The van der Waals surface area contributed by atoms with Crippen molar-refractivity contribution in [2.45, 2.75) is 0 Å². The minimum atomic E-state index is 0.617. The van der Waals surface area contributed by atoms with Gasteiger partial charge >= 0.3 is 0 Å². The van der Waals surface area contributed by atoms with Gasteiger partial charge in [0.15, 0.2) is 0 Å². The first-order valence-electron chi connectivity index (χ1n) is 5.18. The van der Waals surface area contributed by atoms with Gasteiger partial charge in [0.2, 0.25) is 0 Å². The van der Waals surface area contributed by atoms with Crippen LogP contribution < -0.4 is 5.73 Å². The van der Waals surface area contributed by atoms with Crippen molar-refractivity contribution >= 4 is 5.69 Å². The molecular weight excluding hydrogens is 206 g/mol. The Morgan fingerprint density at radius 1 is 0.824 bits per heavy atom. The Balaban J connectivity index is 2.44. The quantitative estimate of drug-likeness (QED) is 0.577. The Morgan fingerprint density at radius 2 is 1.47 bits per heavy atom. The van der Waals surface area contributed by atoms with Gasteiger partial charge < -0.3 is 5.73 Å². The molecule has 0 aliphatic rings. The highest BCUT2D eigenvalue weighted by molar-refractivity contribution is 5.71. The van der Waals surface area contributed by atoms with Crippen LogP contribution in [0.25, 0.3) is 11.1 Å². The third-order valence-electron chi connectivity index (χ3n) is 2.59. The molecule has 2 aromatic rings. The molecule has 0 aliphatic carbocycles. The van der Waals surface area contributed by atoms with E-state index in [1.165, 1.54) is 0 Å². The molecule has 0 bridgehead atoms. The molecule has 0 aliphatic heterocycles. The smallest absolute Gasteiger partial charge is 0.0479 e. The van der Waals surface area contributed by atoms with Crippen molar-refractivity contribution in [1.29, 1.82) is 0 Å². The maximum atomic E-state index is 5.85. The molecule has 0 saturated heterocycles. The summed E-state index contributed by atoms with van der Waals surface area (Å²) in [5, 5.41) is 0. The van der Waals surface area contributed by atoms with Crippen molar-refractivity contribution in [3.63, 3.8) is 0 Å². The number of nitrogen functional groups attached to an aromatic ring is 1. The lowest BCUT2D eigenvalue weighted by atomic mass is 10.0. The monoisotopic (exact) mass is 217 g/mol. The first-order chi connectivity index (χ1) is 8.24. The predicted molar refractivity (Wildman–Crippen MR) is 72.2 cm³/mol. The number of benzene rings is 2. The molecule has 0 heterocycles. The van der Waals surface area contributed by atoms with Crippen LogP contribution in [-0.2, 0) is 0 Å². The van der Waals surface area contributed by atoms with Gasteiger partial charge in [-0.15, -0.1) is 12.8 Å². The molecule has 17 heavy (non-hydrogen) atoms. The van der Waals surface area contributed by atoms with Crippen LogP contribution in [0.4, 0.5) is 5.69 Å². The van der Waals surface area contributed by atoms with E-state index in [1.54, 1.807) is 0 Å². The molecule has 0 aromatic heterocycles. The van der Waals surface area contributed by atoms with Crippen LogP contribution in [0.1, 0.15) is 11.1 Å². The molecule has 2 aromatic carbocycles. The summed E-state index contributed by atoms with van der Waals surface area (Å²) >= 11 is 0. The average Bonchev–Trinajstić information content (AvgIpc) is 2.39. The first-order valence-corrected chi connectivity index (χ1v) is 5.18. The molecule has 1 nitrogen and oxygen atoms in total. The van der Waals surface area contributed by atoms with Crippen molar-refractivity contribution in [2.24, 2.45) is 0 Å². The highest BCUT2D eigenvalue weighted by Gasteiger charge is 2.01. The van der Waals surface area contributed by atoms with Crippen molar-refractivity contribution in [1.82, 2.24) is 0 Å². The van der Waals surface area contributed by atoms with E-state index in [2.05, 4.69) is 11.8 Å². The second-order valence-corrected chi connectivity index (χ2v) is 3.67. The zero-order valence-electron chi connectivity index (χ0n) is 9.27. The minimum absolute atomic E-state index is 0.617. The average molecular weight is 217 g/mol. The lowest BCUT2D eigenvalue weighted by Crippen LogP contribution is -1.90. The zero-order valence-corrected chi connectivity index (χ0v) is 9.27. The zero-order chi connectivity index (χ0) is 12.3. The van der Waals surface area contributed by atoms with Crippen LogP contribution >= 0.6 is 0 Å². The summed E-state index contributed by atoms with van der Waals surface area (Å²) in [4.78, 5) is 0. The molecule has 0 saturated carbocycles. The van der Waals surface area contributed by atoms with Crippen LogP contribution in [0.15, 0.2) is 42.5 Å². The van der Waals surface area contributed by atoms with Crippen molar-refractivity contribution in [2.75, 3.05) is 5.73 Å². The number of anilines is 1. The van der Waals surface area contributed by atoms with E-state index in [4.69, 9.17) is 18.6 Å². The third kappa shape index (κ3) is 2.14. The summed E-state index contributed by atoms with van der Waals surface area (Å²) in [7, 11) is 0. The van der Waals surface area contributed by atoms with Crippen LogP contribution in [-0.4, -0.2) is 0 Å². The van der Waals surface area contributed by atoms with Crippen molar-refractivity contribution in [3.05, 3.63) is 53.6 Å². The second-order valence-electron chi connectivity index (χ2n) is 3.67. The van der Waals surface area contributed by atoms with Gasteiger partial charge in [-0.1, -0.05) is 30.0 Å². The molecule has 1 heteroatoms. The van der Waals surface area contributed by atoms with Gasteiger partial charge in [-0.25, -0.2) is 0 Å². The molecule has 0 fully saturated rings. The number of rotatable bonds is 1. The number of nitrogens with two attached hydrogens (primary N) is 1.